The monoisotopic (exact) mass is 439 g/mol. The molecule has 0 aliphatic heterocycles. The van der Waals surface area contributed by atoms with E-state index < -0.39 is 11.6 Å². The maximum atomic E-state index is 13.9. The van der Waals surface area contributed by atoms with Crippen LogP contribution in [-0.4, -0.2) is 34.4 Å². The van der Waals surface area contributed by atoms with Crippen LogP contribution in [-0.2, 0) is 6.42 Å². The fourth-order valence-electron chi connectivity index (χ4n) is 2.82. The van der Waals surface area contributed by atoms with Gasteiger partial charge >= 0.3 is 0 Å². The maximum Gasteiger partial charge on any atom is 0.299 e. The molecule has 3 rings (SSSR count). The molecular weight excluding hydrogens is 416 g/mol. The zero-order valence-electron chi connectivity index (χ0n) is 16.8. The van der Waals surface area contributed by atoms with E-state index in [0.717, 1.165) is 48.2 Å². The van der Waals surface area contributed by atoms with Gasteiger partial charge in [-0.05, 0) is 68.8 Å². The second-order valence-electron chi connectivity index (χ2n) is 6.80. The lowest BCUT2D eigenvalue weighted by Gasteiger charge is -2.16. The minimum atomic E-state index is -0.697. The summed E-state index contributed by atoms with van der Waals surface area (Å²) in [6.07, 6.45) is 0.976. The van der Waals surface area contributed by atoms with Crippen molar-refractivity contribution in [1.82, 2.24) is 14.3 Å². The van der Waals surface area contributed by atoms with E-state index >= 15 is 0 Å². The van der Waals surface area contributed by atoms with Gasteiger partial charge in [-0.2, -0.15) is 9.36 Å². The predicted molar refractivity (Wildman–Crippen MR) is 115 cm³/mol. The van der Waals surface area contributed by atoms with E-state index in [0.29, 0.717) is 10.9 Å². The molecule has 1 aromatic heterocycles. The minimum absolute atomic E-state index is 0. The Morgan fingerprint density at radius 3 is 2.55 bits per heavy atom. The highest BCUT2D eigenvalue weighted by atomic mass is 35.5. The van der Waals surface area contributed by atoms with Gasteiger partial charge in [0, 0.05) is 24.1 Å². The van der Waals surface area contributed by atoms with E-state index in [1.54, 1.807) is 0 Å². The van der Waals surface area contributed by atoms with Gasteiger partial charge in [0.05, 0.1) is 5.56 Å². The van der Waals surface area contributed by atoms with Gasteiger partial charge in [-0.25, -0.2) is 8.78 Å². The van der Waals surface area contributed by atoms with Crippen LogP contribution in [0.5, 0.6) is 10.9 Å². The number of aromatic nitrogens is 2. The third kappa shape index (κ3) is 5.72. The highest BCUT2D eigenvalue weighted by Gasteiger charge is 2.15. The number of benzene rings is 2. The maximum absolute atomic E-state index is 13.9. The molecule has 0 bridgehead atoms. The smallest absolute Gasteiger partial charge is 0.299 e. The molecule has 0 saturated heterocycles. The SMILES string of the molecule is CCN(C)CCc1cc(C)c(Oc2nc(-c3ccc(F)cc3F)ns2)cc1C.Cl. The number of rotatable bonds is 7. The molecule has 0 aliphatic carbocycles. The minimum Gasteiger partial charge on any atom is -0.430 e. The molecule has 0 unspecified atom stereocenters. The lowest BCUT2D eigenvalue weighted by atomic mass is 10.0. The van der Waals surface area contributed by atoms with Gasteiger partial charge in [0.1, 0.15) is 17.4 Å². The number of hydrogen-bond acceptors (Lipinski definition) is 5. The molecule has 0 atom stereocenters. The molecule has 0 N–H and O–H groups in total. The van der Waals surface area contributed by atoms with Crippen molar-refractivity contribution < 1.29 is 13.5 Å². The predicted octanol–water partition coefficient (Wildman–Crippen LogP) is 5.81. The zero-order chi connectivity index (χ0) is 20.3. The lowest BCUT2D eigenvalue weighted by molar-refractivity contribution is 0.357. The molecule has 8 heteroatoms. The number of ether oxygens (including phenoxy) is 1. The summed E-state index contributed by atoms with van der Waals surface area (Å²) in [7, 11) is 2.11. The molecular formula is C21H24ClF2N3OS. The standard InChI is InChI=1S/C21H23F2N3OS.ClH/c1-5-26(4)9-8-15-10-14(3)19(11-13(15)2)27-21-24-20(25-28-21)17-7-6-16(22)12-18(17)23;/h6-7,10-12H,5,8-9H2,1-4H3;1H. The van der Waals surface area contributed by atoms with Gasteiger partial charge in [-0.1, -0.05) is 13.0 Å². The number of likely N-dealkylation sites (N-methyl/N-ethyl adjacent to an activating group) is 1. The van der Waals surface area contributed by atoms with Crippen molar-refractivity contribution in [1.29, 1.82) is 0 Å². The fourth-order valence-corrected chi connectivity index (χ4v) is 3.38. The van der Waals surface area contributed by atoms with Crippen LogP contribution in [0.25, 0.3) is 11.4 Å². The Bertz CT molecular complexity index is 981. The molecule has 0 amide bonds. The van der Waals surface area contributed by atoms with E-state index in [1.165, 1.54) is 17.7 Å². The van der Waals surface area contributed by atoms with Gasteiger partial charge in [-0.3, -0.25) is 0 Å². The highest BCUT2D eigenvalue weighted by Crippen LogP contribution is 2.31. The first kappa shape index (κ1) is 23.2. The van der Waals surface area contributed by atoms with E-state index in [4.69, 9.17) is 4.74 Å². The molecule has 2 aromatic carbocycles. The van der Waals surface area contributed by atoms with Crippen LogP contribution in [0.15, 0.2) is 30.3 Å². The Hall–Kier alpha value is -2.09. The molecule has 1 heterocycles. The third-order valence-corrected chi connectivity index (χ3v) is 5.31. The summed E-state index contributed by atoms with van der Waals surface area (Å²) in [5.74, 6) is -0.444. The summed E-state index contributed by atoms with van der Waals surface area (Å²) in [4.78, 5) is 6.52. The van der Waals surface area contributed by atoms with Crippen LogP contribution in [0.1, 0.15) is 23.6 Å². The molecule has 0 saturated carbocycles. The van der Waals surface area contributed by atoms with Crippen molar-refractivity contribution in [3.8, 4) is 22.3 Å². The van der Waals surface area contributed by atoms with E-state index in [2.05, 4.69) is 41.2 Å². The summed E-state index contributed by atoms with van der Waals surface area (Å²) in [5.41, 5.74) is 3.59. The molecule has 0 fully saturated rings. The van der Waals surface area contributed by atoms with Crippen LogP contribution in [0.2, 0.25) is 0 Å². The first-order valence-corrected chi connectivity index (χ1v) is 9.90. The largest absolute Gasteiger partial charge is 0.430 e. The molecule has 0 spiro atoms. The first-order chi connectivity index (χ1) is 13.4. The van der Waals surface area contributed by atoms with Crippen molar-refractivity contribution in [2.75, 3.05) is 20.1 Å². The summed E-state index contributed by atoms with van der Waals surface area (Å²) >= 11 is 1.04. The zero-order valence-corrected chi connectivity index (χ0v) is 18.5. The Balaban J connectivity index is 0.00000300. The Morgan fingerprint density at radius 2 is 1.86 bits per heavy atom. The average molecular weight is 440 g/mol. The number of nitrogens with zero attached hydrogens (tertiary/aromatic N) is 3. The van der Waals surface area contributed by atoms with Gasteiger partial charge in [0.25, 0.3) is 5.19 Å². The second kappa shape index (κ2) is 10.1. The van der Waals surface area contributed by atoms with E-state index in [9.17, 15) is 8.78 Å². The van der Waals surface area contributed by atoms with Crippen LogP contribution >= 0.6 is 23.9 Å². The third-order valence-electron chi connectivity index (χ3n) is 4.71. The molecule has 0 aliphatic rings. The van der Waals surface area contributed by atoms with Gasteiger partial charge < -0.3 is 9.64 Å². The number of hydrogen-bond donors (Lipinski definition) is 0. The molecule has 156 valence electrons. The Kier molecular flexibility index (Phi) is 8.07. The van der Waals surface area contributed by atoms with Crippen molar-refractivity contribution in [3.63, 3.8) is 0 Å². The quantitative estimate of drug-likeness (QED) is 0.465. The average Bonchev–Trinajstić information content (AvgIpc) is 3.11. The van der Waals surface area contributed by atoms with Crippen molar-refractivity contribution in [2.24, 2.45) is 0 Å². The van der Waals surface area contributed by atoms with Crippen molar-refractivity contribution >= 4 is 23.9 Å². The van der Waals surface area contributed by atoms with E-state index in [-0.39, 0.29) is 23.8 Å². The van der Waals surface area contributed by atoms with Crippen LogP contribution in [0, 0.1) is 25.5 Å². The van der Waals surface area contributed by atoms with Gasteiger partial charge in [0.15, 0.2) is 5.82 Å². The highest BCUT2D eigenvalue weighted by molar-refractivity contribution is 7.07. The van der Waals surface area contributed by atoms with E-state index in [1.807, 2.05) is 13.0 Å². The van der Waals surface area contributed by atoms with Crippen LogP contribution in [0.3, 0.4) is 0 Å². The second-order valence-corrected chi connectivity index (χ2v) is 7.51. The van der Waals surface area contributed by atoms with Gasteiger partial charge in [0.2, 0.25) is 0 Å². The molecule has 0 radical (unpaired) electrons. The summed E-state index contributed by atoms with van der Waals surface area (Å²) in [6, 6.07) is 7.46. The Labute approximate surface area is 180 Å². The van der Waals surface area contributed by atoms with Crippen LogP contribution in [0.4, 0.5) is 8.78 Å². The lowest BCUT2D eigenvalue weighted by Crippen LogP contribution is -2.20. The van der Waals surface area contributed by atoms with Crippen molar-refractivity contribution in [2.45, 2.75) is 27.2 Å². The number of halogens is 3. The van der Waals surface area contributed by atoms with Crippen LogP contribution < -0.4 is 4.74 Å². The first-order valence-electron chi connectivity index (χ1n) is 9.13. The molecule has 3 aromatic rings. The summed E-state index contributed by atoms with van der Waals surface area (Å²) in [5, 5.41) is 0.319. The van der Waals surface area contributed by atoms with Crippen molar-refractivity contribution in [3.05, 3.63) is 58.7 Å². The molecule has 29 heavy (non-hydrogen) atoms. The topological polar surface area (TPSA) is 38.2 Å². The van der Waals surface area contributed by atoms with Gasteiger partial charge in [-0.15, -0.1) is 12.4 Å². The number of aryl methyl sites for hydroxylation is 2. The molecule has 4 nitrogen and oxygen atoms in total. The summed E-state index contributed by atoms with van der Waals surface area (Å²) in [6.45, 7) is 8.22. The normalized spacial score (nSPS) is 10.9. The Morgan fingerprint density at radius 1 is 1.10 bits per heavy atom. The summed E-state index contributed by atoms with van der Waals surface area (Å²) < 4.78 is 37.0. The fraction of sp³-hybridized carbons (Fsp3) is 0.333.